The highest BCUT2D eigenvalue weighted by Crippen LogP contribution is 2.14. The lowest BCUT2D eigenvalue weighted by molar-refractivity contribution is -0.128. The van der Waals surface area contributed by atoms with Crippen LogP contribution in [-0.2, 0) is 11.3 Å². The molecule has 0 N–H and O–H groups in total. The molecule has 1 aliphatic heterocycles. The van der Waals surface area contributed by atoms with E-state index in [1.165, 1.54) is 0 Å². The number of likely N-dealkylation sites (tertiary alicyclic amines) is 1. The van der Waals surface area contributed by atoms with Crippen molar-refractivity contribution in [2.24, 2.45) is 0 Å². The number of carbonyl (C=O) groups is 1. The molecule has 3 nitrogen and oxygen atoms in total. The molecule has 1 aromatic heterocycles. The maximum Gasteiger partial charge on any atom is 0.222 e. The van der Waals surface area contributed by atoms with E-state index in [0.29, 0.717) is 18.1 Å². The Morgan fingerprint density at radius 3 is 2.93 bits per heavy atom. The van der Waals surface area contributed by atoms with Gasteiger partial charge in [-0.05, 0) is 18.1 Å². The maximum atomic E-state index is 11.3. The Morgan fingerprint density at radius 2 is 2.36 bits per heavy atom. The Hall–Kier alpha value is -1.09. The summed E-state index contributed by atoms with van der Waals surface area (Å²) in [5.41, 5.74) is 1.03. The van der Waals surface area contributed by atoms with Crippen molar-refractivity contribution in [1.82, 2.24) is 9.88 Å². The summed E-state index contributed by atoms with van der Waals surface area (Å²) in [7, 11) is 0. The number of amides is 1. The van der Waals surface area contributed by atoms with Gasteiger partial charge in [0.15, 0.2) is 0 Å². The molecule has 1 fully saturated rings. The van der Waals surface area contributed by atoms with E-state index in [1.807, 2.05) is 11.0 Å². The van der Waals surface area contributed by atoms with Crippen molar-refractivity contribution in [3.05, 3.63) is 29.0 Å². The molecule has 1 saturated heterocycles. The Balaban J connectivity index is 2.03. The fourth-order valence-corrected chi connectivity index (χ4v) is 1.70. The van der Waals surface area contributed by atoms with E-state index in [2.05, 4.69) is 4.98 Å². The molecule has 0 unspecified atom stereocenters. The lowest BCUT2D eigenvalue weighted by Gasteiger charge is -2.14. The van der Waals surface area contributed by atoms with Gasteiger partial charge in [0.2, 0.25) is 5.91 Å². The van der Waals surface area contributed by atoms with E-state index < -0.39 is 0 Å². The Bertz CT molecular complexity index is 336. The van der Waals surface area contributed by atoms with Crippen LogP contribution in [-0.4, -0.2) is 22.3 Å². The van der Waals surface area contributed by atoms with Crippen molar-refractivity contribution in [2.45, 2.75) is 19.4 Å². The zero-order valence-electron chi connectivity index (χ0n) is 7.74. The van der Waals surface area contributed by atoms with Crippen molar-refractivity contribution >= 4 is 17.5 Å². The number of hydrogen-bond donors (Lipinski definition) is 0. The van der Waals surface area contributed by atoms with Gasteiger partial charge in [-0.2, -0.15) is 0 Å². The molecular formula is C10H11ClN2O. The molecule has 0 radical (unpaired) electrons. The number of aromatic nitrogens is 1. The summed E-state index contributed by atoms with van der Waals surface area (Å²) in [5, 5.41) is 0.487. The third-order valence-electron chi connectivity index (χ3n) is 2.33. The summed E-state index contributed by atoms with van der Waals surface area (Å²) in [6.45, 7) is 1.52. The third-order valence-corrected chi connectivity index (χ3v) is 2.56. The maximum absolute atomic E-state index is 11.3. The standard InChI is InChI=1S/C10H11ClN2O/c11-9-4-3-8(6-12-9)7-13-5-1-2-10(13)14/h3-4,6H,1-2,5,7H2. The van der Waals surface area contributed by atoms with Gasteiger partial charge in [-0.1, -0.05) is 17.7 Å². The number of rotatable bonds is 2. The average Bonchev–Trinajstić information content (AvgIpc) is 2.56. The van der Waals surface area contributed by atoms with Crippen LogP contribution in [0.1, 0.15) is 18.4 Å². The van der Waals surface area contributed by atoms with Crippen LogP contribution >= 0.6 is 11.6 Å². The van der Waals surface area contributed by atoms with E-state index in [-0.39, 0.29) is 5.91 Å². The summed E-state index contributed by atoms with van der Waals surface area (Å²) >= 11 is 5.67. The van der Waals surface area contributed by atoms with E-state index in [4.69, 9.17) is 11.6 Å². The molecule has 0 spiro atoms. The predicted octanol–water partition coefficient (Wildman–Crippen LogP) is 1.86. The largest absolute Gasteiger partial charge is 0.338 e. The summed E-state index contributed by atoms with van der Waals surface area (Å²) in [6, 6.07) is 3.65. The van der Waals surface area contributed by atoms with E-state index >= 15 is 0 Å². The van der Waals surface area contributed by atoms with Crippen LogP contribution < -0.4 is 0 Å². The predicted molar refractivity (Wildman–Crippen MR) is 53.9 cm³/mol. The lowest BCUT2D eigenvalue weighted by atomic mass is 10.3. The highest BCUT2D eigenvalue weighted by atomic mass is 35.5. The fourth-order valence-electron chi connectivity index (χ4n) is 1.59. The topological polar surface area (TPSA) is 33.2 Å². The van der Waals surface area contributed by atoms with Gasteiger partial charge in [0.25, 0.3) is 0 Å². The average molecular weight is 211 g/mol. The Morgan fingerprint density at radius 1 is 1.50 bits per heavy atom. The minimum atomic E-state index is 0.236. The minimum Gasteiger partial charge on any atom is -0.338 e. The van der Waals surface area contributed by atoms with Gasteiger partial charge < -0.3 is 4.90 Å². The minimum absolute atomic E-state index is 0.236. The SMILES string of the molecule is O=C1CCCN1Cc1ccc(Cl)nc1. The fraction of sp³-hybridized carbons (Fsp3) is 0.400. The van der Waals surface area contributed by atoms with Gasteiger partial charge in [0, 0.05) is 25.7 Å². The van der Waals surface area contributed by atoms with Crippen LogP contribution in [0.25, 0.3) is 0 Å². The van der Waals surface area contributed by atoms with E-state index in [1.54, 1.807) is 12.3 Å². The molecule has 0 atom stereocenters. The monoisotopic (exact) mass is 210 g/mol. The Labute approximate surface area is 87.7 Å². The number of nitrogens with zero attached hydrogens (tertiary/aromatic N) is 2. The first kappa shape index (κ1) is 9.46. The van der Waals surface area contributed by atoms with Crippen molar-refractivity contribution in [1.29, 1.82) is 0 Å². The van der Waals surface area contributed by atoms with Crippen molar-refractivity contribution < 1.29 is 4.79 Å². The molecular weight excluding hydrogens is 200 g/mol. The summed E-state index contributed by atoms with van der Waals surface area (Å²) in [4.78, 5) is 17.2. The molecule has 4 heteroatoms. The molecule has 0 bridgehead atoms. The first-order valence-electron chi connectivity index (χ1n) is 4.64. The van der Waals surface area contributed by atoms with Crippen LogP contribution in [0.5, 0.6) is 0 Å². The molecule has 74 valence electrons. The number of carbonyl (C=O) groups excluding carboxylic acids is 1. The molecule has 1 aliphatic rings. The third kappa shape index (κ3) is 2.04. The summed E-state index contributed by atoms with van der Waals surface area (Å²) < 4.78 is 0. The van der Waals surface area contributed by atoms with Gasteiger partial charge in [0.1, 0.15) is 5.15 Å². The highest BCUT2D eigenvalue weighted by Gasteiger charge is 2.19. The molecule has 0 aromatic carbocycles. The molecule has 2 heterocycles. The molecule has 1 amide bonds. The van der Waals surface area contributed by atoms with Crippen LogP contribution in [0.15, 0.2) is 18.3 Å². The molecule has 1 aromatic rings. The first-order valence-corrected chi connectivity index (χ1v) is 5.02. The number of pyridine rings is 1. The second-order valence-electron chi connectivity index (χ2n) is 3.41. The summed E-state index contributed by atoms with van der Waals surface area (Å²) in [5.74, 6) is 0.236. The van der Waals surface area contributed by atoms with E-state index in [9.17, 15) is 4.79 Å². The number of hydrogen-bond acceptors (Lipinski definition) is 2. The van der Waals surface area contributed by atoms with Crippen molar-refractivity contribution in [2.75, 3.05) is 6.54 Å². The van der Waals surface area contributed by atoms with Crippen molar-refractivity contribution in [3.8, 4) is 0 Å². The lowest BCUT2D eigenvalue weighted by Crippen LogP contribution is -2.23. The molecule has 14 heavy (non-hydrogen) atoms. The van der Waals surface area contributed by atoms with Gasteiger partial charge in [-0.3, -0.25) is 4.79 Å². The smallest absolute Gasteiger partial charge is 0.222 e. The normalized spacial score (nSPS) is 16.4. The van der Waals surface area contributed by atoms with Gasteiger partial charge in [0.05, 0.1) is 0 Å². The zero-order chi connectivity index (χ0) is 9.97. The summed E-state index contributed by atoms with van der Waals surface area (Å²) in [6.07, 6.45) is 3.37. The van der Waals surface area contributed by atoms with Gasteiger partial charge in [-0.15, -0.1) is 0 Å². The highest BCUT2D eigenvalue weighted by molar-refractivity contribution is 6.29. The van der Waals surface area contributed by atoms with E-state index in [0.717, 1.165) is 18.5 Å². The molecule has 2 rings (SSSR count). The first-order chi connectivity index (χ1) is 6.75. The van der Waals surface area contributed by atoms with Gasteiger partial charge in [-0.25, -0.2) is 4.98 Å². The second-order valence-corrected chi connectivity index (χ2v) is 3.80. The molecule has 0 aliphatic carbocycles. The quantitative estimate of drug-likeness (QED) is 0.699. The van der Waals surface area contributed by atoms with Crippen LogP contribution in [0, 0.1) is 0 Å². The van der Waals surface area contributed by atoms with Gasteiger partial charge >= 0.3 is 0 Å². The number of halogens is 1. The second kappa shape index (κ2) is 3.96. The van der Waals surface area contributed by atoms with Crippen LogP contribution in [0.4, 0.5) is 0 Å². The van der Waals surface area contributed by atoms with Crippen LogP contribution in [0.3, 0.4) is 0 Å². The van der Waals surface area contributed by atoms with Crippen LogP contribution in [0.2, 0.25) is 5.15 Å². The molecule has 0 saturated carbocycles. The Kier molecular flexibility index (Phi) is 2.68. The zero-order valence-corrected chi connectivity index (χ0v) is 8.50. The van der Waals surface area contributed by atoms with Crippen molar-refractivity contribution in [3.63, 3.8) is 0 Å².